The molecule has 0 heterocycles. The minimum Gasteiger partial charge on any atom is -0.378 e. The Balaban J connectivity index is -0.000000272. The summed E-state index contributed by atoms with van der Waals surface area (Å²) >= 11 is 0. The molecule has 1 aliphatic rings. The van der Waals surface area contributed by atoms with Gasteiger partial charge in [0.1, 0.15) is 28.0 Å². The summed E-state index contributed by atoms with van der Waals surface area (Å²) in [5.74, 6) is 11.7. The minimum atomic E-state index is -0.931. The predicted octanol–water partition coefficient (Wildman–Crippen LogP) is 9.51. The van der Waals surface area contributed by atoms with Crippen molar-refractivity contribution in [2.24, 2.45) is 0 Å². The van der Waals surface area contributed by atoms with Crippen molar-refractivity contribution < 1.29 is 25.5 Å². The van der Waals surface area contributed by atoms with Gasteiger partial charge >= 0.3 is 0 Å². The Morgan fingerprint density at radius 1 is 0.460 bits per heavy atom. The first-order valence-corrected chi connectivity index (χ1v) is 19.2. The van der Waals surface area contributed by atoms with Gasteiger partial charge in [-0.25, -0.2) is 0 Å². The van der Waals surface area contributed by atoms with Crippen molar-refractivity contribution in [1.82, 2.24) is 0 Å². The highest BCUT2D eigenvalue weighted by molar-refractivity contribution is 5.08. The Kier molecular flexibility index (Phi) is 35.3. The van der Waals surface area contributed by atoms with Crippen LogP contribution >= 0.6 is 0 Å². The number of rotatable bonds is 17. The quantitative estimate of drug-likeness (QED) is 0.0770. The van der Waals surface area contributed by atoms with Gasteiger partial charge in [0.15, 0.2) is 0 Å². The van der Waals surface area contributed by atoms with Gasteiger partial charge in [-0.15, -0.1) is 32.1 Å². The number of hydrogen-bond acceptors (Lipinski definition) is 5. The van der Waals surface area contributed by atoms with Crippen LogP contribution in [0.3, 0.4) is 0 Å². The maximum absolute atomic E-state index is 9.56. The molecule has 50 heavy (non-hydrogen) atoms. The highest BCUT2D eigenvalue weighted by atomic mass is 16.3. The van der Waals surface area contributed by atoms with Gasteiger partial charge in [0.25, 0.3) is 0 Å². The molecule has 0 spiro atoms. The van der Waals surface area contributed by atoms with E-state index in [0.717, 1.165) is 64.2 Å². The van der Waals surface area contributed by atoms with Gasteiger partial charge < -0.3 is 25.5 Å². The Labute approximate surface area is 311 Å². The van der Waals surface area contributed by atoms with E-state index >= 15 is 0 Å². The second-order valence-electron chi connectivity index (χ2n) is 14.8. The molecule has 288 valence electrons. The summed E-state index contributed by atoms with van der Waals surface area (Å²) < 4.78 is 0. The van der Waals surface area contributed by atoms with Crippen LogP contribution in [0.25, 0.3) is 0 Å². The van der Waals surface area contributed by atoms with Gasteiger partial charge in [0.2, 0.25) is 0 Å². The SMILES string of the molecule is C#CC(C)(C)O.C#CC(C)(O)CCCC.C#CC(C)(O)CCCCCC.C#CC(C)(O)CCCCCCCCCC.C#CC1(O)CCCCC1. The first-order valence-electron chi connectivity index (χ1n) is 19.2. The summed E-state index contributed by atoms with van der Waals surface area (Å²) in [4.78, 5) is 0. The fourth-order valence-corrected chi connectivity index (χ4v) is 4.52. The summed E-state index contributed by atoms with van der Waals surface area (Å²) in [5, 5.41) is 46.2. The van der Waals surface area contributed by atoms with Crippen LogP contribution in [0.5, 0.6) is 0 Å². The molecule has 3 atom stereocenters. The van der Waals surface area contributed by atoms with Crippen molar-refractivity contribution >= 4 is 0 Å². The zero-order valence-electron chi connectivity index (χ0n) is 33.7. The van der Waals surface area contributed by atoms with Crippen LogP contribution in [0.1, 0.15) is 197 Å². The molecule has 0 aliphatic heterocycles. The van der Waals surface area contributed by atoms with Crippen molar-refractivity contribution in [3.63, 3.8) is 0 Å². The van der Waals surface area contributed by atoms with Gasteiger partial charge in [-0.3, -0.25) is 0 Å². The lowest BCUT2D eigenvalue weighted by molar-refractivity contribution is 0.0611. The van der Waals surface area contributed by atoms with Crippen LogP contribution < -0.4 is 0 Å². The molecule has 0 bridgehead atoms. The van der Waals surface area contributed by atoms with E-state index in [1.165, 1.54) is 70.6 Å². The average Bonchev–Trinajstić information content (AvgIpc) is 3.08. The average molecular weight is 699 g/mol. The lowest BCUT2D eigenvalue weighted by atomic mass is 9.86. The van der Waals surface area contributed by atoms with Crippen molar-refractivity contribution in [2.75, 3.05) is 0 Å². The second-order valence-corrected chi connectivity index (χ2v) is 14.8. The molecule has 0 aromatic heterocycles. The topological polar surface area (TPSA) is 101 Å². The molecule has 0 amide bonds. The summed E-state index contributed by atoms with van der Waals surface area (Å²) in [6.45, 7) is 14.7. The molecular weight excluding hydrogens is 620 g/mol. The minimum absolute atomic E-state index is 0.708. The maximum atomic E-state index is 9.56. The first kappa shape index (κ1) is 54.4. The van der Waals surface area contributed by atoms with E-state index in [4.69, 9.17) is 37.2 Å². The highest BCUT2D eigenvalue weighted by Gasteiger charge is 2.25. The third-order valence-corrected chi connectivity index (χ3v) is 8.29. The second kappa shape index (κ2) is 32.5. The Morgan fingerprint density at radius 3 is 1.00 bits per heavy atom. The first-order chi connectivity index (χ1) is 23.2. The normalized spacial score (nSPS) is 16.4. The summed E-state index contributed by atoms with van der Waals surface area (Å²) in [6, 6.07) is 0. The third-order valence-electron chi connectivity index (χ3n) is 8.29. The van der Waals surface area contributed by atoms with Crippen molar-refractivity contribution in [3.8, 4) is 61.7 Å². The molecule has 1 fully saturated rings. The zero-order chi connectivity index (χ0) is 39.6. The summed E-state index contributed by atoms with van der Waals surface area (Å²) in [6.07, 6.45) is 49.5. The lowest BCUT2D eigenvalue weighted by Gasteiger charge is -2.26. The van der Waals surface area contributed by atoms with Crippen LogP contribution in [0.15, 0.2) is 0 Å². The van der Waals surface area contributed by atoms with E-state index < -0.39 is 28.0 Å². The maximum Gasteiger partial charge on any atom is 0.125 e. The van der Waals surface area contributed by atoms with Crippen LogP contribution in [-0.4, -0.2) is 53.5 Å². The van der Waals surface area contributed by atoms with E-state index in [1.807, 2.05) is 0 Å². The third kappa shape index (κ3) is 43.6. The molecule has 1 saturated carbocycles. The fourth-order valence-electron chi connectivity index (χ4n) is 4.52. The summed E-state index contributed by atoms with van der Waals surface area (Å²) in [7, 11) is 0. The summed E-state index contributed by atoms with van der Waals surface area (Å²) in [5.41, 5.74) is -4.33. The highest BCUT2D eigenvalue weighted by Crippen LogP contribution is 2.26. The van der Waals surface area contributed by atoms with Gasteiger partial charge in [-0.05, 0) is 98.8 Å². The van der Waals surface area contributed by atoms with Crippen LogP contribution in [-0.2, 0) is 0 Å². The fraction of sp³-hybridized carbons (Fsp3) is 0.778. The van der Waals surface area contributed by atoms with Crippen LogP contribution in [0, 0.1) is 61.7 Å². The van der Waals surface area contributed by atoms with Crippen molar-refractivity contribution in [1.29, 1.82) is 0 Å². The monoisotopic (exact) mass is 699 g/mol. The standard InChI is InChI=1S/C14H26O.C10H18O.C8H12O.C8H14O.C5H8O/c1-4-6-7-8-9-10-11-12-13-14(3,15)5-2;1-4-6-7-8-9-10(3,11)5-2;1-2-8(9)6-4-3-5-7-8;1-4-6-7-8(3,9)5-2;1-4-5(2,3)6/h2,15H,4,6-13H2,1,3H3;2,11H,4,6-9H2,1,3H3;1,9H,3-7H2;2,9H,4,6-7H2,1,3H3;1,6H,2-3H3. The molecule has 3 unspecified atom stereocenters. The molecule has 1 rings (SSSR count). The van der Waals surface area contributed by atoms with Gasteiger partial charge in [-0.2, -0.15) is 0 Å². The lowest BCUT2D eigenvalue weighted by Crippen LogP contribution is -2.28. The van der Waals surface area contributed by atoms with Crippen molar-refractivity contribution in [3.05, 3.63) is 0 Å². The predicted molar refractivity (Wildman–Crippen MR) is 216 cm³/mol. The zero-order valence-corrected chi connectivity index (χ0v) is 33.7. The Hall–Kier alpha value is -2.40. The van der Waals surface area contributed by atoms with Crippen LogP contribution in [0.2, 0.25) is 0 Å². The van der Waals surface area contributed by atoms with Crippen LogP contribution in [0.4, 0.5) is 0 Å². The largest absolute Gasteiger partial charge is 0.378 e. The van der Waals surface area contributed by atoms with Crippen molar-refractivity contribution in [2.45, 2.75) is 225 Å². The molecule has 0 saturated heterocycles. The molecule has 1 aliphatic carbocycles. The smallest absolute Gasteiger partial charge is 0.125 e. The Bertz CT molecular complexity index is 989. The molecule has 0 radical (unpaired) electrons. The molecule has 5 heteroatoms. The molecular formula is C45H78O5. The number of aliphatic hydroxyl groups is 5. The van der Waals surface area contributed by atoms with E-state index in [1.54, 1.807) is 34.6 Å². The number of hydrogen-bond donors (Lipinski definition) is 5. The van der Waals surface area contributed by atoms with E-state index in [9.17, 15) is 20.4 Å². The van der Waals surface area contributed by atoms with E-state index in [0.29, 0.717) is 6.42 Å². The molecule has 0 aromatic rings. The Morgan fingerprint density at radius 2 is 0.740 bits per heavy atom. The van der Waals surface area contributed by atoms with Gasteiger partial charge in [0, 0.05) is 0 Å². The number of terminal acetylenes is 5. The van der Waals surface area contributed by atoms with E-state index in [2.05, 4.69) is 50.4 Å². The van der Waals surface area contributed by atoms with Gasteiger partial charge in [0.05, 0.1) is 0 Å². The molecule has 5 N–H and O–H groups in total. The number of unbranched alkanes of at least 4 members (excludes halogenated alkanes) is 11. The molecule has 0 aromatic carbocycles. The van der Waals surface area contributed by atoms with Gasteiger partial charge in [-0.1, -0.05) is 127 Å². The van der Waals surface area contributed by atoms with E-state index in [-0.39, 0.29) is 0 Å². The molecule has 5 nitrogen and oxygen atoms in total.